The highest BCUT2D eigenvalue weighted by Crippen LogP contribution is 2.30. The van der Waals surface area contributed by atoms with Gasteiger partial charge in [0.1, 0.15) is 6.02 Å². The number of rotatable bonds is 5. The highest BCUT2D eigenvalue weighted by Gasteiger charge is 2.41. The van der Waals surface area contributed by atoms with E-state index in [1.807, 2.05) is 0 Å². The summed E-state index contributed by atoms with van der Waals surface area (Å²) in [6.07, 6.45) is -2.18. The Bertz CT molecular complexity index is 1280. The predicted octanol–water partition coefficient (Wildman–Crippen LogP) is 2.51. The first-order chi connectivity index (χ1) is 16.8. The summed E-state index contributed by atoms with van der Waals surface area (Å²) >= 11 is 5.69. The molecule has 4 rings (SSSR count). The monoisotopic (exact) mass is 465 g/mol. The molecule has 0 aromatic heterocycles. The Morgan fingerprint density at radius 3 is 2.75 bits per heavy atom. The molecule has 2 unspecified atom stereocenters. The molecule has 32 heavy (non-hydrogen) atoms. The molecular weight excluding hydrogens is 444 g/mol. The fourth-order valence-electron chi connectivity index (χ4n) is 3.44. The summed E-state index contributed by atoms with van der Waals surface area (Å²) in [5, 5.41) is 0.215. The second kappa shape index (κ2) is 8.31. The van der Waals surface area contributed by atoms with Crippen LogP contribution in [0.1, 0.15) is 42.6 Å². The molecule has 2 aromatic carbocycles. The van der Waals surface area contributed by atoms with Crippen LogP contribution in [0.25, 0.3) is 0 Å². The van der Waals surface area contributed by atoms with Crippen LogP contribution < -0.4 is 10.6 Å². The summed E-state index contributed by atoms with van der Waals surface area (Å²) < 4.78 is 60.9. The van der Waals surface area contributed by atoms with E-state index in [2.05, 4.69) is 0 Å². The number of carbonyl (C=O) groups is 4. The van der Waals surface area contributed by atoms with Crippen LogP contribution in [0.2, 0.25) is 7.85 Å². The maximum atomic E-state index is 14.6. The van der Waals surface area contributed by atoms with Gasteiger partial charge in [-0.1, -0.05) is 35.9 Å². The molecule has 2 aliphatic heterocycles. The molecule has 10 heteroatoms. The van der Waals surface area contributed by atoms with Gasteiger partial charge in [-0.2, -0.15) is 8.78 Å². The minimum atomic E-state index is -3.98. The van der Waals surface area contributed by atoms with E-state index in [1.165, 1.54) is 30.3 Å². The number of alkyl halides is 2. The molecule has 2 N–H and O–H groups in total. The number of fused-ring (bicyclic) bond motifs is 1. The number of halogens is 3. The Morgan fingerprint density at radius 2 is 2.03 bits per heavy atom. The van der Waals surface area contributed by atoms with Crippen LogP contribution in [0.4, 0.5) is 8.78 Å². The maximum absolute atomic E-state index is 14.6. The Morgan fingerprint density at radius 1 is 1.31 bits per heavy atom. The van der Waals surface area contributed by atoms with Gasteiger partial charge in [0.05, 0.1) is 1.37 Å². The van der Waals surface area contributed by atoms with Crippen molar-refractivity contribution in [1.82, 2.24) is 15.5 Å². The molecule has 1 fully saturated rings. The van der Waals surface area contributed by atoms with Crippen LogP contribution in [0.5, 0.6) is 0 Å². The molecule has 7 nitrogen and oxygen atoms in total. The summed E-state index contributed by atoms with van der Waals surface area (Å²) in [5.74, 6) is -8.85. The number of carbonyl (C=O) groups excluding carboxylic acids is 4. The molecule has 0 spiro atoms. The molecule has 0 bridgehead atoms. The van der Waals surface area contributed by atoms with Gasteiger partial charge in [-0.25, -0.2) is 0 Å². The highest BCUT2D eigenvalue weighted by molar-refractivity contribution is 6.30. The third-order valence-electron chi connectivity index (χ3n) is 5.11. The average molecular weight is 466 g/mol. The van der Waals surface area contributed by atoms with Gasteiger partial charge < -0.3 is 10.2 Å². The molecule has 166 valence electrons. The molecule has 2 aliphatic rings. The number of hydrogen-bond donors (Lipinski definition) is 2. The summed E-state index contributed by atoms with van der Waals surface area (Å²) in [4.78, 5) is 50.3. The van der Waals surface area contributed by atoms with Crippen LogP contribution in [-0.2, 0) is 33.4 Å². The lowest BCUT2D eigenvalue weighted by molar-refractivity contribution is -0.147. The number of amides is 4. The third kappa shape index (κ3) is 4.08. The van der Waals surface area contributed by atoms with Crippen LogP contribution in [-0.4, -0.2) is 34.5 Å². The molecule has 0 saturated carbocycles. The van der Waals surface area contributed by atoms with E-state index in [1.54, 1.807) is 0 Å². The van der Waals surface area contributed by atoms with Crippen molar-refractivity contribution in [3.8, 4) is 0 Å². The van der Waals surface area contributed by atoms with Crippen LogP contribution in [0.3, 0.4) is 0 Å². The first-order valence-electron chi connectivity index (χ1n) is 11.4. The largest absolute Gasteiger partial charge is 0.349 e. The number of hydrogen-bond acceptors (Lipinski definition) is 4. The lowest BCUT2D eigenvalue weighted by atomic mass is 10.0. The van der Waals surface area contributed by atoms with Crippen molar-refractivity contribution in [2.45, 2.75) is 37.8 Å². The van der Waals surface area contributed by atoms with Gasteiger partial charge in [0.15, 0.2) is 2.82 Å². The Labute approximate surface area is 192 Å². The lowest BCUT2D eigenvalue weighted by Crippen LogP contribution is -2.52. The van der Waals surface area contributed by atoms with Crippen molar-refractivity contribution >= 4 is 35.2 Å². The summed E-state index contributed by atoms with van der Waals surface area (Å²) in [6.45, 7) is -0.822. The van der Waals surface area contributed by atoms with E-state index < -0.39 is 60.5 Å². The average Bonchev–Trinajstić information content (AvgIpc) is 3.17. The first kappa shape index (κ1) is 17.3. The second-order valence-electron chi connectivity index (χ2n) is 7.20. The van der Waals surface area contributed by atoms with Gasteiger partial charge in [-0.15, -0.1) is 0 Å². The molecular formula is C22H18ClF2N3O4. The number of piperidine rings is 1. The van der Waals surface area contributed by atoms with Gasteiger partial charge in [0.2, 0.25) is 11.8 Å². The standard InChI is InChI=1S/C22H18ClF2N3O4/c23-15-4-2-14(3-5-15)22(24,25)21(32)26-10-12-1-6-16-13(9-12)11-28(20(16)31)17-7-8-18(29)27-19(17)30/h1-6,9,17H,7-8,10-11H2,(H,26,32)(H,27,29,30)/i8D,17D/hD2. The number of nitrogens with zero attached hydrogens (tertiary/aromatic N) is 1. The van der Waals surface area contributed by atoms with E-state index in [-0.39, 0.29) is 33.3 Å². The van der Waals surface area contributed by atoms with Crippen LogP contribution >= 0.6 is 11.6 Å². The smallest absolute Gasteiger partial charge is 0.346 e. The summed E-state index contributed by atoms with van der Waals surface area (Å²) in [6, 6.07) is 6.08. The fourth-order valence-corrected chi connectivity index (χ4v) is 3.57. The highest BCUT2D eigenvalue weighted by atomic mass is 35.5. The topological polar surface area (TPSA) is 95.6 Å². The van der Waals surface area contributed by atoms with Crippen molar-refractivity contribution < 1.29 is 33.5 Å². The summed E-state index contributed by atoms with van der Waals surface area (Å²) in [5.41, 5.74) is 0.0138. The van der Waals surface area contributed by atoms with E-state index in [0.717, 1.165) is 17.0 Å². The van der Waals surface area contributed by atoms with E-state index in [9.17, 15) is 28.0 Å². The molecule has 0 radical (unpaired) electrons. The predicted molar refractivity (Wildman–Crippen MR) is 110 cm³/mol. The first-order valence-corrected chi connectivity index (χ1v) is 9.83. The SMILES string of the molecule is [2H]C1CC([2H])(N2Cc3cc(CN([2H])C(=O)C(F)(F)c4ccc(Cl)cc4)ccc3C2=O)C(=O)N([2H])C1=O. The molecule has 2 heterocycles. The normalized spacial score (nSPS) is 25.1. The molecule has 2 aromatic rings. The Hall–Kier alpha value is -3.33. The maximum Gasteiger partial charge on any atom is 0.349 e. The zero-order valence-electron chi connectivity index (χ0n) is 20.3. The van der Waals surface area contributed by atoms with E-state index in [0.29, 0.717) is 5.56 Å². The van der Waals surface area contributed by atoms with Gasteiger partial charge in [0, 0.05) is 37.0 Å². The molecule has 2 atom stereocenters. The number of nitrogens with one attached hydrogen (secondary N) is 2. The zero-order chi connectivity index (χ0) is 26.6. The van der Waals surface area contributed by atoms with Crippen molar-refractivity contribution in [3.05, 3.63) is 69.7 Å². The minimum absolute atomic E-state index is 0.0830. The van der Waals surface area contributed by atoms with Crippen molar-refractivity contribution in [2.24, 2.45) is 0 Å². The lowest BCUT2D eigenvalue weighted by Gasteiger charge is -2.29. The van der Waals surface area contributed by atoms with Crippen molar-refractivity contribution in [3.63, 3.8) is 0 Å². The zero-order valence-corrected chi connectivity index (χ0v) is 17.1. The van der Waals surface area contributed by atoms with Gasteiger partial charge >= 0.3 is 5.92 Å². The second-order valence-corrected chi connectivity index (χ2v) is 7.63. The van der Waals surface area contributed by atoms with Crippen molar-refractivity contribution in [1.29, 1.82) is 0 Å². The molecule has 0 aliphatic carbocycles. The minimum Gasteiger partial charge on any atom is -0.346 e. The van der Waals surface area contributed by atoms with E-state index >= 15 is 0 Å². The van der Waals surface area contributed by atoms with Crippen LogP contribution in [0, 0.1) is 0 Å². The van der Waals surface area contributed by atoms with E-state index in [4.69, 9.17) is 17.2 Å². The number of benzene rings is 2. The van der Waals surface area contributed by atoms with Gasteiger partial charge in [-0.3, -0.25) is 24.5 Å². The quantitative estimate of drug-likeness (QED) is 0.663. The van der Waals surface area contributed by atoms with Gasteiger partial charge in [0.25, 0.3) is 11.8 Å². The van der Waals surface area contributed by atoms with Crippen molar-refractivity contribution in [2.75, 3.05) is 0 Å². The number of imide groups is 1. The molecule has 4 amide bonds. The van der Waals surface area contributed by atoms with Gasteiger partial charge in [-0.05, 0) is 35.7 Å². The van der Waals surface area contributed by atoms with Crippen LogP contribution in [0.15, 0.2) is 42.5 Å². The summed E-state index contributed by atoms with van der Waals surface area (Å²) in [7, 11) is 0. The Balaban J connectivity index is 1.53. The molecule has 1 saturated heterocycles. The Kier molecular flexibility index (Phi) is 4.48. The fraction of sp³-hybridized carbons (Fsp3) is 0.273. The third-order valence-corrected chi connectivity index (χ3v) is 5.36.